The normalized spacial score (nSPS) is 11.0. The summed E-state index contributed by atoms with van der Waals surface area (Å²) in [6, 6.07) is 31.1. The number of nitrogens with zero attached hydrogens (tertiary/aromatic N) is 2. The van der Waals surface area contributed by atoms with Crippen LogP contribution in [0.4, 0.5) is 23.3 Å². The predicted molar refractivity (Wildman–Crippen MR) is 240 cm³/mol. The minimum Gasteiger partial charge on any atom is -0.462 e. The highest BCUT2D eigenvalue weighted by atomic mass is 16.5. The maximum atomic E-state index is 13.2. The molecule has 0 unspecified atom stereocenters. The average Bonchev–Trinajstić information content (AvgIpc) is 3.25. The van der Waals surface area contributed by atoms with Crippen LogP contribution in [-0.4, -0.2) is 60.3 Å². The summed E-state index contributed by atoms with van der Waals surface area (Å²) in [5, 5.41) is 3.94. The van der Waals surface area contributed by atoms with Crippen molar-refractivity contribution in [2.24, 2.45) is 0 Å². The molecular formula is C48H44N6O8. The first kappa shape index (κ1) is 42.1. The number of hydrogen-bond acceptors (Lipinski definition) is 14. The molecule has 5 aromatic carbocycles. The Balaban J connectivity index is 1.33. The summed E-state index contributed by atoms with van der Waals surface area (Å²) in [5.74, 6) is -3.68. The Labute approximate surface area is 356 Å². The van der Waals surface area contributed by atoms with E-state index in [-0.39, 0.29) is 83.1 Å². The van der Waals surface area contributed by atoms with Gasteiger partial charge < -0.3 is 41.9 Å². The van der Waals surface area contributed by atoms with Crippen molar-refractivity contribution >= 4 is 68.7 Å². The van der Waals surface area contributed by atoms with Crippen LogP contribution in [0.1, 0.15) is 69.1 Å². The van der Waals surface area contributed by atoms with Crippen molar-refractivity contribution in [1.82, 2.24) is 9.97 Å². The van der Waals surface area contributed by atoms with Gasteiger partial charge in [-0.2, -0.15) is 0 Å². The third kappa shape index (κ3) is 7.76. The fourth-order valence-electron chi connectivity index (χ4n) is 7.65. The SMILES string of the molecule is CCOC(=O)c1c(N)nc(N)c(C(=O)OCC)c1-c1ccc(-c2cccc3cc4cccc(-c5ccc(-c6c(C(=O)OCC)c(N)nc(N)c6C(=O)OCC)cc5)c4cc23)cc1. The van der Waals surface area contributed by atoms with Gasteiger partial charge in [0.25, 0.3) is 0 Å². The molecule has 62 heavy (non-hydrogen) atoms. The fraction of sp³-hybridized carbons (Fsp3) is 0.167. The van der Waals surface area contributed by atoms with Crippen LogP contribution in [0.25, 0.3) is 66.1 Å². The highest BCUT2D eigenvalue weighted by Crippen LogP contribution is 2.41. The second-order valence-corrected chi connectivity index (χ2v) is 14.0. The third-order valence-electron chi connectivity index (χ3n) is 10.3. The van der Waals surface area contributed by atoms with Gasteiger partial charge in [-0.05, 0) is 94.8 Å². The topological polar surface area (TPSA) is 235 Å². The number of carbonyl (C=O) groups is 4. The third-order valence-corrected chi connectivity index (χ3v) is 10.3. The van der Waals surface area contributed by atoms with Crippen LogP contribution in [0.3, 0.4) is 0 Å². The highest BCUT2D eigenvalue weighted by Gasteiger charge is 2.30. The highest BCUT2D eigenvalue weighted by molar-refractivity contribution is 6.13. The van der Waals surface area contributed by atoms with Gasteiger partial charge in [-0.1, -0.05) is 84.9 Å². The van der Waals surface area contributed by atoms with Crippen molar-refractivity contribution in [2.45, 2.75) is 27.7 Å². The molecule has 7 aromatic rings. The van der Waals surface area contributed by atoms with Gasteiger partial charge in [0.15, 0.2) is 0 Å². The van der Waals surface area contributed by atoms with E-state index in [9.17, 15) is 19.2 Å². The Morgan fingerprint density at radius 2 is 0.710 bits per heavy atom. The number of rotatable bonds is 12. The standard InChI is InChI=1S/C48H44N6O8/c1-5-59-45(55)37-35(38(46(56)60-6-2)42(50)53-41(37)49)27-19-15-25(16-20-27)31-13-9-11-29-23-30-12-10-14-32(34(30)24-33(29)31)26-17-21-28(22-18-26)36-39(47(57)61-7-3)43(51)54-44(52)40(36)48(58)62-8-4/h9-24H,5-8H2,1-4H3,(H4,49,50,53)(H4,51,52,54). The van der Waals surface area contributed by atoms with Crippen molar-refractivity contribution in [3.63, 3.8) is 0 Å². The lowest BCUT2D eigenvalue weighted by atomic mass is 9.90. The van der Waals surface area contributed by atoms with Crippen LogP contribution < -0.4 is 22.9 Å². The number of fused-ring (bicyclic) bond motifs is 2. The first-order valence-corrected chi connectivity index (χ1v) is 20.0. The molecule has 0 aliphatic heterocycles. The van der Waals surface area contributed by atoms with Crippen LogP contribution in [0.2, 0.25) is 0 Å². The number of pyridine rings is 2. The lowest BCUT2D eigenvalue weighted by Crippen LogP contribution is -2.18. The van der Waals surface area contributed by atoms with Gasteiger partial charge in [-0.3, -0.25) is 0 Å². The number of hydrogen-bond donors (Lipinski definition) is 4. The second kappa shape index (κ2) is 17.7. The lowest BCUT2D eigenvalue weighted by molar-refractivity contribution is 0.0508. The van der Waals surface area contributed by atoms with E-state index in [1.165, 1.54) is 0 Å². The number of anilines is 4. The number of nitrogen functional groups attached to an aromatic ring is 4. The van der Waals surface area contributed by atoms with E-state index < -0.39 is 23.9 Å². The molecule has 2 aromatic heterocycles. The average molecular weight is 833 g/mol. The van der Waals surface area contributed by atoms with Crippen molar-refractivity contribution in [3.8, 4) is 44.5 Å². The molecular weight excluding hydrogens is 789 g/mol. The zero-order chi connectivity index (χ0) is 44.2. The van der Waals surface area contributed by atoms with Crippen molar-refractivity contribution in [2.75, 3.05) is 49.4 Å². The Bertz CT molecular complexity index is 2630. The fourth-order valence-corrected chi connectivity index (χ4v) is 7.65. The van der Waals surface area contributed by atoms with Gasteiger partial charge in [-0.15, -0.1) is 0 Å². The molecule has 14 heteroatoms. The minimum atomic E-state index is -0.747. The molecule has 7 rings (SSSR count). The molecule has 8 N–H and O–H groups in total. The van der Waals surface area contributed by atoms with Crippen LogP contribution in [-0.2, 0) is 18.9 Å². The van der Waals surface area contributed by atoms with Gasteiger partial charge in [0.05, 0.1) is 26.4 Å². The number of esters is 4. The van der Waals surface area contributed by atoms with Crippen LogP contribution in [0, 0.1) is 0 Å². The molecule has 0 saturated heterocycles. The molecule has 0 bridgehead atoms. The van der Waals surface area contributed by atoms with Gasteiger partial charge in [0.2, 0.25) is 0 Å². The number of benzene rings is 5. The van der Waals surface area contributed by atoms with E-state index >= 15 is 0 Å². The maximum Gasteiger partial charge on any atom is 0.342 e. The van der Waals surface area contributed by atoms with E-state index in [0.717, 1.165) is 43.8 Å². The molecule has 0 amide bonds. The smallest absolute Gasteiger partial charge is 0.342 e. The van der Waals surface area contributed by atoms with Crippen molar-refractivity contribution < 1.29 is 38.1 Å². The molecule has 0 aliphatic carbocycles. The Hall–Kier alpha value is -8.00. The monoisotopic (exact) mass is 832 g/mol. The lowest BCUT2D eigenvalue weighted by Gasteiger charge is -2.18. The Morgan fingerprint density at radius 1 is 0.419 bits per heavy atom. The molecule has 0 spiro atoms. The van der Waals surface area contributed by atoms with E-state index in [0.29, 0.717) is 11.1 Å². The number of ether oxygens (including phenoxy) is 4. The Kier molecular flexibility index (Phi) is 12.0. The van der Waals surface area contributed by atoms with E-state index in [2.05, 4.69) is 22.1 Å². The van der Waals surface area contributed by atoms with Gasteiger partial charge in [-0.25, -0.2) is 29.1 Å². The zero-order valence-corrected chi connectivity index (χ0v) is 34.5. The zero-order valence-electron chi connectivity index (χ0n) is 34.5. The second-order valence-electron chi connectivity index (χ2n) is 14.0. The molecule has 314 valence electrons. The summed E-state index contributed by atoms with van der Waals surface area (Å²) in [6.07, 6.45) is 0. The molecule has 0 atom stereocenters. The maximum absolute atomic E-state index is 13.2. The summed E-state index contributed by atoms with van der Waals surface area (Å²) >= 11 is 0. The Morgan fingerprint density at radius 3 is 1.00 bits per heavy atom. The molecule has 0 saturated carbocycles. The molecule has 0 fully saturated rings. The summed E-state index contributed by atoms with van der Waals surface area (Å²) < 4.78 is 21.2. The first-order valence-electron chi connectivity index (χ1n) is 20.0. The summed E-state index contributed by atoms with van der Waals surface area (Å²) in [5.41, 5.74) is 29.5. The van der Waals surface area contributed by atoms with E-state index in [1.807, 2.05) is 60.7 Å². The minimum absolute atomic E-state index is 0.0746. The molecule has 0 aliphatic rings. The van der Waals surface area contributed by atoms with Gasteiger partial charge >= 0.3 is 23.9 Å². The van der Waals surface area contributed by atoms with Crippen LogP contribution in [0.15, 0.2) is 97.1 Å². The van der Waals surface area contributed by atoms with Crippen molar-refractivity contribution in [1.29, 1.82) is 0 Å². The predicted octanol–water partition coefficient (Wildman–Crippen LogP) is 8.49. The number of nitrogens with two attached hydrogens (primary N) is 4. The van der Waals surface area contributed by atoms with Crippen molar-refractivity contribution in [3.05, 3.63) is 119 Å². The van der Waals surface area contributed by atoms with Gasteiger partial charge in [0.1, 0.15) is 45.5 Å². The largest absolute Gasteiger partial charge is 0.462 e. The first-order chi connectivity index (χ1) is 29.9. The number of aromatic nitrogens is 2. The van der Waals surface area contributed by atoms with Gasteiger partial charge in [0, 0.05) is 11.1 Å². The van der Waals surface area contributed by atoms with Crippen LogP contribution in [0.5, 0.6) is 0 Å². The molecule has 14 nitrogen and oxygen atoms in total. The molecule has 0 radical (unpaired) electrons. The summed E-state index contributed by atoms with van der Waals surface area (Å²) in [4.78, 5) is 61.1. The van der Waals surface area contributed by atoms with E-state index in [1.54, 1.807) is 52.0 Å². The molecule has 2 heterocycles. The summed E-state index contributed by atoms with van der Waals surface area (Å²) in [7, 11) is 0. The van der Waals surface area contributed by atoms with Crippen LogP contribution >= 0.6 is 0 Å². The van der Waals surface area contributed by atoms with E-state index in [4.69, 9.17) is 41.9 Å². The number of carbonyl (C=O) groups excluding carboxylic acids is 4. The quantitative estimate of drug-likeness (QED) is 0.0513. The summed E-state index contributed by atoms with van der Waals surface area (Å²) in [6.45, 7) is 6.95.